The van der Waals surface area contributed by atoms with E-state index in [0.717, 1.165) is 18.4 Å². The van der Waals surface area contributed by atoms with Crippen LogP contribution in [0.4, 0.5) is 0 Å². The number of carbonyl (C=O) groups is 1. The standard InChI is InChI=1S/C14H16O/c1-3-10-6-5-7-12-13(15)9-8-11(4-2)14(10)12/h5-8H,3-4,9H2,1-2H3. The van der Waals surface area contributed by atoms with Gasteiger partial charge in [0, 0.05) is 12.0 Å². The predicted octanol–water partition coefficient (Wildman–Crippen LogP) is 3.63. The van der Waals surface area contributed by atoms with Crippen molar-refractivity contribution in [3.05, 3.63) is 41.0 Å². The van der Waals surface area contributed by atoms with Crippen LogP contribution in [0.15, 0.2) is 24.3 Å². The quantitative estimate of drug-likeness (QED) is 0.712. The molecule has 0 amide bonds. The van der Waals surface area contributed by atoms with Crippen LogP contribution in [0.5, 0.6) is 0 Å². The molecular weight excluding hydrogens is 184 g/mol. The molecule has 1 nitrogen and oxygen atoms in total. The van der Waals surface area contributed by atoms with Gasteiger partial charge < -0.3 is 0 Å². The second-order valence-corrected chi connectivity index (χ2v) is 3.90. The van der Waals surface area contributed by atoms with Gasteiger partial charge in [0.05, 0.1) is 0 Å². The molecule has 0 aliphatic heterocycles. The minimum atomic E-state index is 0.262. The number of benzene rings is 1. The number of hydrogen-bond acceptors (Lipinski definition) is 1. The minimum Gasteiger partial charge on any atom is -0.294 e. The Bertz CT molecular complexity index is 427. The van der Waals surface area contributed by atoms with Crippen molar-refractivity contribution in [2.24, 2.45) is 0 Å². The Morgan fingerprint density at radius 3 is 2.67 bits per heavy atom. The van der Waals surface area contributed by atoms with Gasteiger partial charge in [-0.2, -0.15) is 0 Å². The molecule has 0 fully saturated rings. The Labute approximate surface area is 90.8 Å². The van der Waals surface area contributed by atoms with E-state index in [1.165, 1.54) is 16.7 Å². The third-order valence-electron chi connectivity index (χ3n) is 3.07. The van der Waals surface area contributed by atoms with E-state index in [4.69, 9.17) is 0 Å². The zero-order valence-electron chi connectivity index (χ0n) is 9.34. The molecule has 0 spiro atoms. The average molecular weight is 200 g/mol. The Kier molecular flexibility index (Phi) is 2.72. The molecule has 1 aromatic carbocycles. The molecule has 0 N–H and O–H groups in total. The molecule has 0 bridgehead atoms. The van der Waals surface area contributed by atoms with Gasteiger partial charge in [0.15, 0.2) is 5.78 Å². The molecule has 1 heteroatoms. The molecule has 0 atom stereocenters. The molecule has 1 aliphatic carbocycles. The molecule has 1 aliphatic rings. The first-order valence-corrected chi connectivity index (χ1v) is 5.62. The van der Waals surface area contributed by atoms with Crippen LogP contribution in [-0.2, 0) is 6.42 Å². The number of fused-ring (bicyclic) bond motifs is 1. The smallest absolute Gasteiger partial charge is 0.167 e. The summed E-state index contributed by atoms with van der Waals surface area (Å²) in [4.78, 5) is 11.8. The molecule has 78 valence electrons. The SMILES string of the molecule is CCC1=CCC(=O)c2cccc(CC)c21. The van der Waals surface area contributed by atoms with E-state index in [2.05, 4.69) is 26.0 Å². The van der Waals surface area contributed by atoms with Crippen LogP contribution >= 0.6 is 0 Å². The lowest BCUT2D eigenvalue weighted by molar-refractivity contribution is 0.0994. The summed E-state index contributed by atoms with van der Waals surface area (Å²) in [6.07, 6.45) is 4.66. The molecule has 0 heterocycles. The number of allylic oxidation sites excluding steroid dienone is 2. The Balaban J connectivity index is 2.65. The molecule has 0 aromatic heterocycles. The van der Waals surface area contributed by atoms with Gasteiger partial charge in [-0.1, -0.05) is 38.1 Å². The van der Waals surface area contributed by atoms with E-state index in [1.54, 1.807) is 0 Å². The van der Waals surface area contributed by atoms with Crippen molar-refractivity contribution in [3.8, 4) is 0 Å². The van der Waals surface area contributed by atoms with E-state index < -0.39 is 0 Å². The van der Waals surface area contributed by atoms with Crippen LogP contribution in [0.1, 0.15) is 48.2 Å². The third-order valence-corrected chi connectivity index (χ3v) is 3.07. The average Bonchev–Trinajstić information content (AvgIpc) is 2.29. The zero-order valence-corrected chi connectivity index (χ0v) is 9.34. The number of ketones is 1. The highest BCUT2D eigenvalue weighted by atomic mass is 16.1. The van der Waals surface area contributed by atoms with Gasteiger partial charge in [-0.05, 0) is 29.5 Å². The molecule has 0 unspecified atom stereocenters. The maximum Gasteiger partial charge on any atom is 0.167 e. The van der Waals surface area contributed by atoms with Gasteiger partial charge in [-0.15, -0.1) is 0 Å². The summed E-state index contributed by atoms with van der Waals surface area (Å²) in [5.41, 5.74) is 4.77. The van der Waals surface area contributed by atoms with E-state index in [9.17, 15) is 4.79 Å². The molecule has 15 heavy (non-hydrogen) atoms. The van der Waals surface area contributed by atoms with Crippen LogP contribution in [-0.4, -0.2) is 5.78 Å². The first kappa shape index (κ1) is 10.2. The van der Waals surface area contributed by atoms with Crippen molar-refractivity contribution in [1.82, 2.24) is 0 Å². The number of Topliss-reactive ketones (excluding diaryl/α,β-unsaturated/α-hetero) is 1. The topological polar surface area (TPSA) is 17.1 Å². The first-order chi connectivity index (χ1) is 7.27. The van der Waals surface area contributed by atoms with Crippen LogP contribution in [0.25, 0.3) is 5.57 Å². The van der Waals surface area contributed by atoms with Crippen molar-refractivity contribution < 1.29 is 4.79 Å². The summed E-state index contributed by atoms with van der Waals surface area (Å²) in [6, 6.07) is 6.08. The highest BCUT2D eigenvalue weighted by Gasteiger charge is 2.19. The summed E-state index contributed by atoms with van der Waals surface area (Å²) in [6.45, 7) is 4.29. The normalized spacial score (nSPS) is 14.8. The van der Waals surface area contributed by atoms with Crippen molar-refractivity contribution in [1.29, 1.82) is 0 Å². The third kappa shape index (κ3) is 1.63. The van der Waals surface area contributed by atoms with Crippen LogP contribution < -0.4 is 0 Å². The molecule has 0 radical (unpaired) electrons. The van der Waals surface area contributed by atoms with Gasteiger partial charge >= 0.3 is 0 Å². The highest BCUT2D eigenvalue weighted by molar-refractivity contribution is 6.05. The molecule has 0 saturated heterocycles. The lowest BCUT2D eigenvalue weighted by atomic mass is 9.85. The largest absolute Gasteiger partial charge is 0.294 e. The van der Waals surface area contributed by atoms with E-state index in [1.807, 2.05) is 12.1 Å². The summed E-state index contributed by atoms with van der Waals surface area (Å²) >= 11 is 0. The molecule has 1 aromatic rings. The fraction of sp³-hybridized carbons (Fsp3) is 0.357. The molecule has 2 rings (SSSR count). The second kappa shape index (κ2) is 4.01. The van der Waals surface area contributed by atoms with Crippen LogP contribution in [0.3, 0.4) is 0 Å². The monoisotopic (exact) mass is 200 g/mol. The van der Waals surface area contributed by atoms with E-state index in [0.29, 0.717) is 6.42 Å². The van der Waals surface area contributed by atoms with Crippen molar-refractivity contribution in [3.63, 3.8) is 0 Å². The van der Waals surface area contributed by atoms with Crippen molar-refractivity contribution in [2.45, 2.75) is 33.1 Å². The number of carbonyl (C=O) groups excluding carboxylic acids is 1. The highest BCUT2D eigenvalue weighted by Crippen LogP contribution is 2.31. The molecular formula is C14H16O. The maximum absolute atomic E-state index is 11.8. The number of rotatable bonds is 2. The fourth-order valence-corrected chi connectivity index (χ4v) is 2.26. The summed E-state index contributed by atoms with van der Waals surface area (Å²) in [5.74, 6) is 0.262. The summed E-state index contributed by atoms with van der Waals surface area (Å²) in [7, 11) is 0. The van der Waals surface area contributed by atoms with Crippen molar-refractivity contribution in [2.75, 3.05) is 0 Å². The summed E-state index contributed by atoms with van der Waals surface area (Å²) in [5, 5.41) is 0. The van der Waals surface area contributed by atoms with Gasteiger partial charge in [0.2, 0.25) is 0 Å². The van der Waals surface area contributed by atoms with Gasteiger partial charge in [-0.25, -0.2) is 0 Å². The number of aryl methyl sites for hydroxylation is 1. The van der Waals surface area contributed by atoms with E-state index in [-0.39, 0.29) is 5.78 Å². The second-order valence-electron chi connectivity index (χ2n) is 3.90. The van der Waals surface area contributed by atoms with Crippen LogP contribution in [0.2, 0.25) is 0 Å². The Morgan fingerprint density at radius 2 is 2.00 bits per heavy atom. The minimum absolute atomic E-state index is 0.262. The van der Waals surface area contributed by atoms with Gasteiger partial charge in [0.25, 0.3) is 0 Å². The fourth-order valence-electron chi connectivity index (χ4n) is 2.26. The van der Waals surface area contributed by atoms with Crippen molar-refractivity contribution >= 4 is 11.4 Å². The Morgan fingerprint density at radius 1 is 1.20 bits per heavy atom. The van der Waals surface area contributed by atoms with Crippen LogP contribution in [0, 0.1) is 0 Å². The Hall–Kier alpha value is -1.37. The zero-order chi connectivity index (χ0) is 10.8. The summed E-state index contributed by atoms with van der Waals surface area (Å²) < 4.78 is 0. The first-order valence-electron chi connectivity index (χ1n) is 5.62. The molecule has 0 saturated carbocycles. The lowest BCUT2D eigenvalue weighted by Gasteiger charge is -2.19. The maximum atomic E-state index is 11.8. The lowest BCUT2D eigenvalue weighted by Crippen LogP contribution is -2.10. The van der Waals surface area contributed by atoms with Gasteiger partial charge in [-0.3, -0.25) is 4.79 Å². The van der Waals surface area contributed by atoms with Gasteiger partial charge in [0.1, 0.15) is 0 Å². The van der Waals surface area contributed by atoms with E-state index >= 15 is 0 Å². The number of hydrogen-bond donors (Lipinski definition) is 0. The predicted molar refractivity (Wildman–Crippen MR) is 63.0 cm³/mol.